The number of amides is 1. The lowest BCUT2D eigenvalue weighted by molar-refractivity contribution is 0.0976. The molecule has 0 fully saturated rings. The summed E-state index contributed by atoms with van der Waals surface area (Å²) in [6.45, 7) is 2.55. The van der Waals surface area contributed by atoms with E-state index in [0.29, 0.717) is 6.54 Å². The monoisotopic (exact) mass is 287 g/mol. The zero-order valence-electron chi connectivity index (χ0n) is 11.6. The van der Waals surface area contributed by atoms with Crippen LogP contribution in [0.15, 0.2) is 42.5 Å². The molecule has 0 spiro atoms. The van der Waals surface area contributed by atoms with Gasteiger partial charge >= 0.3 is 0 Å². The van der Waals surface area contributed by atoms with E-state index in [0.717, 1.165) is 35.9 Å². The fourth-order valence-corrected chi connectivity index (χ4v) is 2.80. The lowest BCUT2D eigenvalue weighted by Gasteiger charge is -2.33. The summed E-state index contributed by atoms with van der Waals surface area (Å²) in [5.74, 6) is -1.53. The van der Waals surface area contributed by atoms with Gasteiger partial charge in [0, 0.05) is 12.2 Å². The molecule has 1 aliphatic heterocycles. The first-order valence-electron chi connectivity index (χ1n) is 6.91. The summed E-state index contributed by atoms with van der Waals surface area (Å²) < 4.78 is 27.1. The Morgan fingerprint density at radius 3 is 2.76 bits per heavy atom. The second-order valence-corrected chi connectivity index (χ2v) is 5.48. The number of halogens is 2. The van der Waals surface area contributed by atoms with E-state index in [1.807, 2.05) is 31.2 Å². The Kier molecular flexibility index (Phi) is 3.45. The van der Waals surface area contributed by atoms with Crippen LogP contribution in [0.5, 0.6) is 0 Å². The molecule has 1 heterocycles. The summed E-state index contributed by atoms with van der Waals surface area (Å²) in [7, 11) is 0. The van der Waals surface area contributed by atoms with E-state index in [1.165, 1.54) is 0 Å². The van der Waals surface area contributed by atoms with Crippen molar-refractivity contribution < 1.29 is 13.6 Å². The fraction of sp³-hybridized carbons (Fsp3) is 0.235. The van der Waals surface area contributed by atoms with Gasteiger partial charge in [0.1, 0.15) is 11.6 Å². The lowest BCUT2D eigenvalue weighted by Crippen LogP contribution is -2.39. The molecule has 21 heavy (non-hydrogen) atoms. The highest BCUT2D eigenvalue weighted by atomic mass is 19.1. The maximum Gasteiger partial charge on any atom is 0.261 e. The van der Waals surface area contributed by atoms with Crippen LogP contribution in [0.25, 0.3) is 0 Å². The molecule has 1 amide bonds. The van der Waals surface area contributed by atoms with E-state index >= 15 is 0 Å². The third-order valence-electron chi connectivity index (χ3n) is 3.75. The minimum Gasteiger partial charge on any atom is -0.308 e. The van der Waals surface area contributed by atoms with Gasteiger partial charge in [-0.15, -0.1) is 0 Å². The Morgan fingerprint density at radius 1 is 1.19 bits per heavy atom. The van der Waals surface area contributed by atoms with E-state index < -0.39 is 17.5 Å². The van der Waals surface area contributed by atoms with Crippen molar-refractivity contribution in [1.29, 1.82) is 0 Å². The lowest BCUT2D eigenvalue weighted by atomic mass is 9.93. The molecule has 0 saturated carbocycles. The van der Waals surface area contributed by atoms with Crippen molar-refractivity contribution in [3.8, 4) is 0 Å². The number of hydrogen-bond acceptors (Lipinski definition) is 1. The second kappa shape index (κ2) is 5.28. The molecule has 2 aromatic rings. The first-order chi connectivity index (χ1) is 10.1. The molecule has 4 heteroatoms. The van der Waals surface area contributed by atoms with Crippen LogP contribution in [-0.2, 0) is 6.42 Å². The number of nitrogens with zero attached hydrogens (tertiary/aromatic N) is 1. The smallest absolute Gasteiger partial charge is 0.261 e. The number of carbonyl (C=O) groups is 1. The Morgan fingerprint density at radius 2 is 1.95 bits per heavy atom. The predicted octanol–water partition coefficient (Wildman–Crippen LogP) is 3.80. The van der Waals surface area contributed by atoms with Gasteiger partial charge in [-0.3, -0.25) is 4.79 Å². The van der Waals surface area contributed by atoms with Gasteiger partial charge in [-0.1, -0.05) is 25.1 Å². The molecule has 0 N–H and O–H groups in total. The SMILES string of the molecule is CC1Cc2ccccc2N(C(=O)c2cc(F)ccc2F)C1. The molecule has 1 atom stereocenters. The number of benzene rings is 2. The summed E-state index contributed by atoms with van der Waals surface area (Å²) in [4.78, 5) is 14.1. The first-order valence-corrected chi connectivity index (χ1v) is 6.91. The summed E-state index contributed by atoms with van der Waals surface area (Å²) in [6, 6.07) is 10.5. The van der Waals surface area contributed by atoms with Gasteiger partial charge in [-0.05, 0) is 42.2 Å². The molecule has 0 aromatic heterocycles. The van der Waals surface area contributed by atoms with Gasteiger partial charge in [-0.25, -0.2) is 8.78 Å². The third kappa shape index (κ3) is 2.53. The molecule has 0 bridgehead atoms. The zero-order valence-corrected chi connectivity index (χ0v) is 11.6. The van der Waals surface area contributed by atoms with E-state index in [1.54, 1.807) is 4.90 Å². The molecule has 108 valence electrons. The highest BCUT2D eigenvalue weighted by molar-refractivity contribution is 6.07. The minimum atomic E-state index is -0.697. The van der Waals surface area contributed by atoms with E-state index in [-0.39, 0.29) is 11.5 Å². The van der Waals surface area contributed by atoms with Gasteiger partial charge in [0.15, 0.2) is 0 Å². The van der Waals surface area contributed by atoms with Gasteiger partial charge in [0.25, 0.3) is 5.91 Å². The summed E-state index contributed by atoms with van der Waals surface area (Å²) in [5, 5.41) is 0. The van der Waals surface area contributed by atoms with E-state index in [4.69, 9.17) is 0 Å². The Bertz CT molecular complexity index is 699. The number of fused-ring (bicyclic) bond motifs is 1. The maximum absolute atomic E-state index is 13.8. The predicted molar refractivity (Wildman–Crippen MR) is 77.3 cm³/mol. The average molecular weight is 287 g/mol. The molecule has 2 nitrogen and oxygen atoms in total. The topological polar surface area (TPSA) is 20.3 Å². The molecular weight excluding hydrogens is 272 g/mol. The molecule has 2 aromatic carbocycles. The van der Waals surface area contributed by atoms with Crippen LogP contribution in [0, 0.1) is 17.6 Å². The average Bonchev–Trinajstić information content (AvgIpc) is 2.48. The van der Waals surface area contributed by atoms with Crippen LogP contribution in [0.3, 0.4) is 0 Å². The third-order valence-corrected chi connectivity index (χ3v) is 3.75. The molecule has 0 saturated heterocycles. The number of hydrogen-bond donors (Lipinski definition) is 0. The van der Waals surface area contributed by atoms with Crippen LogP contribution in [0.4, 0.5) is 14.5 Å². The molecule has 3 rings (SSSR count). The molecule has 1 unspecified atom stereocenters. The van der Waals surface area contributed by atoms with Crippen molar-refractivity contribution in [3.05, 3.63) is 65.2 Å². The van der Waals surface area contributed by atoms with Crippen LogP contribution >= 0.6 is 0 Å². The van der Waals surface area contributed by atoms with Crippen LogP contribution in [-0.4, -0.2) is 12.5 Å². The highest BCUT2D eigenvalue weighted by Crippen LogP contribution is 2.31. The second-order valence-electron chi connectivity index (χ2n) is 5.48. The fourth-order valence-electron chi connectivity index (χ4n) is 2.80. The molecular formula is C17H15F2NO. The Hall–Kier alpha value is -2.23. The Balaban J connectivity index is 2.04. The quantitative estimate of drug-likeness (QED) is 0.781. The van der Waals surface area contributed by atoms with Gasteiger partial charge in [0.05, 0.1) is 5.56 Å². The number of carbonyl (C=O) groups excluding carboxylic acids is 1. The van der Waals surface area contributed by atoms with Crippen molar-refractivity contribution in [1.82, 2.24) is 0 Å². The van der Waals surface area contributed by atoms with Crippen molar-refractivity contribution in [2.24, 2.45) is 5.92 Å². The largest absolute Gasteiger partial charge is 0.308 e. The van der Waals surface area contributed by atoms with Crippen molar-refractivity contribution in [2.45, 2.75) is 13.3 Å². The maximum atomic E-state index is 13.8. The van der Waals surface area contributed by atoms with E-state index in [9.17, 15) is 13.6 Å². The van der Waals surface area contributed by atoms with Crippen LogP contribution in [0.2, 0.25) is 0 Å². The molecule has 1 aliphatic rings. The summed E-state index contributed by atoms with van der Waals surface area (Å²) in [6.07, 6.45) is 0.881. The first kappa shape index (κ1) is 13.7. The Labute approximate surface area is 122 Å². The number of para-hydroxylation sites is 1. The van der Waals surface area contributed by atoms with Gasteiger partial charge < -0.3 is 4.90 Å². The van der Waals surface area contributed by atoms with Crippen LogP contribution in [0.1, 0.15) is 22.8 Å². The standard InChI is InChI=1S/C17H15F2NO/c1-11-8-12-4-2-3-5-16(12)20(10-11)17(21)14-9-13(18)6-7-15(14)19/h2-7,9,11H,8,10H2,1H3. The highest BCUT2D eigenvalue weighted by Gasteiger charge is 2.28. The van der Waals surface area contributed by atoms with Gasteiger partial charge in [0.2, 0.25) is 0 Å². The normalized spacial score (nSPS) is 17.5. The molecule has 0 radical (unpaired) electrons. The number of rotatable bonds is 1. The number of anilines is 1. The van der Waals surface area contributed by atoms with Gasteiger partial charge in [-0.2, -0.15) is 0 Å². The van der Waals surface area contributed by atoms with Crippen molar-refractivity contribution in [3.63, 3.8) is 0 Å². The van der Waals surface area contributed by atoms with Crippen molar-refractivity contribution in [2.75, 3.05) is 11.4 Å². The molecule has 0 aliphatic carbocycles. The van der Waals surface area contributed by atoms with Crippen molar-refractivity contribution >= 4 is 11.6 Å². The zero-order chi connectivity index (χ0) is 15.0. The van der Waals surface area contributed by atoms with E-state index in [2.05, 4.69) is 0 Å². The van der Waals surface area contributed by atoms with Crippen LogP contribution < -0.4 is 4.90 Å². The summed E-state index contributed by atoms with van der Waals surface area (Å²) in [5.41, 5.74) is 1.62. The summed E-state index contributed by atoms with van der Waals surface area (Å²) >= 11 is 0. The minimum absolute atomic E-state index is 0.223.